The molecular weight excluding hydrogens is 315 g/mol. The molecule has 106 valence electrons. The van der Waals surface area contributed by atoms with Gasteiger partial charge in [0.15, 0.2) is 0 Å². The zero-order chi connectivity index (χ0) is 15.0. The predicted molar refractivity (Wildman–Crippen MR) is 57.7 cm³/mol. The number of ether oxygens (including phenoxy) is 1. The van der Waals surface area contributed by atoms with Crippen LogP contribution in [0, 0.1) is 10.1 Å². The van der Waals surface area contributed by atoms with Crippen LogP contribution in [0.1, 0.15) is 5.56 Å². The zero-order valence-corrected chi connectivity index (χ0v) is 10.6. The fourth-order valence-corrected chi connectivity index (χ4v) is 2.67. The van der Waals surface area contributed by atoms with Gasteiger partial charge in [0.05, 0.1) is 17.6 Å². The van der Waals surface area contributed by atoms with E-state index in [0.717, 1.165) is 7.11 Å². The summed E-state index contributed by atoms with van der Waals surface area (Å²) in [4.78, 5) is 8.07. The van der Waals surface area contributed by atoms with E-state index in [-0.39, 0.29) is 6.07 Å². The van der Waals surface area contributed by atoms with Gasteiger partial charge < -0.3 is 4.74 Å². The molecule has 0 atom stereocenters. The van der Waals surface area contributed by atoms with E-state index >= 15 is 0 Å². The molecule has 0 aromatic heterocycles. The minimum Gasteiger partial charge on any atom is -0.489 e. The summed E-state index contributed by atoms with van der Waals surface area (Å²) in [5, 5.41) is 10.6. The standard InChI is InChI=1S/C8H5ClF3NO5S/c1-18-6-5(13(14)15)3-2-4(8(10,11)12)7(6)19(9,16)17/h2-3H,1H3. The van der Waals surface area contributed by atoms with Gasteiger partial charge >= 0.3 is 11.9 Å². The lowest BCUT2D eigenvalue weighted by Gasteiger charge is -2.13. The maximum Gasteiger partial charge on any atom is 0.417 e. The molecule has 0 aliphatic heterocycles. The molecule has 0 N–H and O–H groups in total. The van der Waals surface area contributed by atoms with Gasteiger partial charge in [-0.25, -0.2) is 8.42 Å². The number of nitro groups is 1. The van der Waals surface area contributed by atoms with Crippen LogP contribution in [0.2, 0.25) is 0 Å². The number of hydrogen-bond acceptors (Lipinski definition) is 5. The Bertz CT molecular complexity index is 628. The van der Waals surface area contributed by atoms with Crippen molar-refractivity contribution in [1.29, 1.82) is 0 Å². The summed E-state index contributed by atoms with van der Waals surface area (Å²) < 4.78 is 64.9. The molecule has 0 spiro atoms. The van der Waals surface area contributed by atoms with Crippen molar-refractivity contribution in [3.05, 3.63) is 27.8 Å². The van der Waals surface area contributed by atoms with Crippen LogP contribution in [0.3, 0.4) is 0 Å². The van der Waals surface area contributed by atoms with E-state index in [9.17, 15) is 31.7 Å². The number of hydrogen-bond donors (Lipinski definition) is 0. The molecule has 0 saturated heterocycles. The molecule has 1 aromatic rings. The van der Waals surface area contributed by atoms with E-state index in [1.807, 2.05) is 0 Å². The highest BCUT2D eigenvalue weighted by Gasteiger charge is 2.41. The Kier molecular flexibility index (Phi) is 3.96. The number of methoxy groups -OCH3 is 1. The Morgan fingerprint density at radius 2 is 1.89 bits per heavy atom. The fourth-order valence-electron chi connectivity index (χ4n) is 1.36. The molecule has 0 aliphatic rings. The lowest BCUT2D eigenvalue weighted by atomic mass is 10.2. The molecule has 0 radical (unpaired) electrons. The molecule has 0 heterocycles. The van der Waals surface area contributed by atoms with Crippen molar-refractivity contribution in [3.8, 4) is 5.75 Å². The summed E-state index contributed by atoms with van der Waals surface area (Å²) in [5.41, 5.74) is -2.57. The number of benzene rings is 1. The van der Waals surface area contributed by atoms with Crippen molar-refractivity contribution in [1.82, 2.24) is 0 Å². The quantitative estimate of drug-likeness (QED) is 0.485. The maximum absolute atomic E-state index is 12.7. The minimum absolute atomic E-state index is 0.260. The molecule has 6 nitrogen and oxygen atoms in total. The van der Waals surface area contributed by atoms with E-state index in [1.165, 1.54) is 0 Å². The van der Waals surface area contributed by atoms with E-state index in [0.29, 0.717) is 6.07 Å². The van der Waals surface area contributed by atoms with Crippen LogP contribution in [0.5, 0.6) is 5.75 Å². The Balaban J connectivity index is 3.87. The van der Waals surface area contributed by atoms with Crippen molar-refractivity contribution in [2.24, 2.45) is 0 Å². The van der Waals surface area contributed by atoms with E-state index in [4.69, 9.17) is 10.7 Å². The van der Waals surface area contributed by atoms with Gasteiger partial charge in [0.1, 0.15) is 4.90 Å². The Hall–Kier alpha value is -1.55. The van der Waals surface area contributed by atoms with Gasteiger partial charge in [0, 0.05) is 16.7 Å². The lowest BCUT2D eigenvalue weighted by molar-refractivity contribution is -0.386. The summed E-state index contributed by atoms with van der Waals surface area (Å²) in [5.74, 6) is -1.06. The molecule has 0 saturated carbocycles. The summed E-state index contributed by atoms with van der Waals surface area (Å²) in [6, 6.07) is 0.753. The second-order valence-corrected chi connectivity index (χ2v) is 5.69. The van der Waals surface area contributed by atoms with Crippen LogP contribution in [0.15, 0.2) is 17.0 Å². The zero-order valence-electron chi connectivity index (χ0n) is 9.06. The molecule has 0 unspecified atom stereocenters. The normalized spacial score (nSPS) is 12.3. The van der Waals surface area contributed by atoms with E-state index < -0.39 is 42.0 Å². The van der Waals surface area contributed by atoms with Gasteiger partial charge in [-0.05, 0) is 6.07 Å². The highest BCUT2D eigenvalue weighted by Crippen LogP contribution is 2.44. The Labute approximate surface area is 109 Å². The number of rotatable bonds is 3. The van der Waals surface area contributed by atoms with Crippen molar-refractivity contribution in [2.75, 3.05) is 7.11 Å². The second-order valence-electron chi connectivity index (χ2n) is 3.19. The second kappa shape index (κ2) is 4.85. The summed E-state index contributed by atoms with van der Waals surface area (Å²) in [6.45, 7) is 0. The van der Waals surface area contributed by atoms with E-state index in [1.54, 1.807) is 0 Å². The van der Waals surface area contributed by atoms with Gasteiger partial charge in [-0.1, -0.05) is 0 Å². The summed E-state index contributed by atoms with van der Waals surface area (Å²) in [7, 11) is 0.807. The number of nitrogens with zero attached hydrogens (tertiary/aromatic N) is 1. The summed E-state index contributed by atoms with van der Waals surface area (Å²) >= 11 is 0. The Morgan fingerprint density at radius 1 is 1.37 bits per heavy atom. The number of alkyl halides is 3. The lowest BCUT2D eigenvalue weighted by Crippen LogP contribution is -2.13. The molecule has 0 aliphatic carbocycles. The Morgan fingerprint density at radius 3 is 2.21 bits per heavy atom. The largest absolute Gasteiger partial charge is 0.489 e. The molecule has 0 bridgehead atoms. The van der Waals surface area contributed by atoms with Crippen LogP contribution in [-0.4, -0.2) is 20.5 Å². The average molecular weight is 320 g/mol. The predicted octanol–water partition coefficient (Wildman–Crippen LogP) is 2.55. The van der Waals surface area contributed by atoms with Crippen molar-refractivity contribution in [2.45, 2.75) is 11.1 Å². The SMILES string of the molecule is COc1c([N+](=O)[O-])ccc(C(F)(F)F)c1S(=O)(=O)Cl. The van der Waals surface area contributed by atoms with Gasteiger partial charge in [-0.3, -0.25) is 10.1 Å². The monoisotopic (exact) mass is 319 g/mol. The van der Waals surface area contributed by atoms with Gasteiger partial charge in [0.2, 0.25) is 5.75 Å². The van der Waals surface area contributed by atoms with Crippen LogP contribution in [0.25, 0.3) is 0 Å². The van der Waals surface area contributed by atoms with Crippen molar-refractivity contribution < 1.29 is 31.2 Å². The van der Waals surface area contributed by atoms with Crippen LogP contribution in [-0.2, 0) is 15.2 Å². The van der Waals surface area contributed by atoms with Gasteiger partial charge in [0.25, 0.3) is 9.05 Å². The average Bonchev–Trinajstić information content (AvgIpc) is 2.24. The topological polar surface area (TPSA) is 86.5 Å². The fraction of sp³-hybridized carbons (Fsp3) is 0.250. The van der Waals surface area contributed by atoms with Crippen LogP contribution in [0.4, 0.5) is 18.9 Å². The van der Waals surface area contributed by atoms with E-state index in [2.05, 4.69) is 4.74 Å². The first-order valence-corrected chi connectivity index (χ1v) is 6.68. The highest BCUT2D eigenvalue weighted by atomic mass is 35.7. The van der Waals surface area contributed by atoms with Crippen molar-refractivity contribution in [3.63, 3.8) is 0 Å². The first-order chi connectivity index (χ1) is 8.50. The van der Waals surface area contributed by atoms with Crippen LogP contribution < -0.4 is 4.74 Å². The molecule has 0 fully saturated rings. The van der Waals surface area contributed by atoms with Crippen molar-refractivity contribution >= 4 is 25.4 Å². The smallest absolute Gasteiger partial charge is 0.417 e. The third-order valence-corrected chi connectivity index (χ3v) is 3.40. The number of nitro benzene ring substituents is 1. The summed E-state index contributed by atoms with van der Waals surface area (Å²) in [6.07, 6.45) is -5.06. The third-order valence-electron chi connectivity index (χ3n) is 2.04. The van der Waals surface area contributed by atoms with Gasteiger partial charge in [-0.2, -0.15) is 13.2 Å². The number of halogens is 4. The van der Waals surface area contributed by atoms with Crippen LogP contribution >= 0.6 is 10.7 Å². The molecular formula is C8H5ClF3NO5S. The maximum atomic E-state index is 12.7. The minimum atomic E-state index is -5.06. The molecule has 19 heavy (non-hydrogen) atoms. The van der Waals surface area contributed by atoms with Gasteiger partial charge in [-0.15, -0.1) is 0 Å². The first-order valence-electron chi connectivity index (χ1n) is 4.37. The molecule has 1 rings (SSSR count). The highest BCUT2D eigenvalue weighted by molar-refractivity contribution is 8.13. The molecule has 0 amide bonds. The molecule has 11 heteroatoms. The molecule has 1 aromatic carbocycles. The third kappa shape index (κ3) is 3.07. The first kappa shape index (κ1) is 15.5.